The Bertz CT molecular complexity index is 313. The highest BCUT2D eigenvalue weighted by molar-refractivity contribution is 5.62. The maximum atomic E-state index is 5.52. The van der Waals surface area contributed by atoms with Crippen molar-refractivity contribution in [1.29, 1.82) is 0 Å². The fraction of sp³-hybridized carbons (Fsp3) is 0.182. The number of fused-ring (bicyclic) bond motifs is 1. The molecule has 0 saturated heterocycles. The lowest BCUT2D eigenvalue weighted by molar-refractivity contribution is 0.345. The van der Waals surface area contributed by atoms with E-state index < -0.39 is 0 Å². The van der Waals surface area contributed by atoms with Crippen LogP contribution in [0.15, 0.2) is 29.8 Å². The van der Waals surface area contributed by atoms with Crippen molar-refractivity contribution < 1.29 is 4.74 Å². The zero-order chi connectivity index (χ0) is 8.39. The molecule has 2 rings (SSSR count). The third-order valence-corrected chi connectivity index (χ3v) is 2.01. The standard InChI is InChI=1S/C11H11O/c1-2-9-7-10-5-3-4-6-11(10)12-8-9/h3-7H,1-2,8H2. The number of para-hydroxylation sites is 1. The van der Waals surface area contributed by atoms with Gasteiger partial charge in [-0.1, -0.05) is 18.2 Å². The van der Waals surface area contributed by atoms with Gasteiger partial charge in [0.1, 0.15) is 12.4 Å². The summed E-state index contributed by atoms with van der Waals surface area (Å²) in [5.74, 6) is 0.981. The van der Waals surface area contributed by atoms with Crippen LogP contribution in [0.3, 0.4) is 0 Å². The first-order valence-electron chi connectivity index (χ1n) is 4.10. The highest BCUT2D eigenvalue weighted by Crippen LogP contribution is 2.26. The van der Waals surface area contributed by atoms with Gasteiger partial charge in [-0.05, 0) is 31.1 Å². The first kappa shape index (κ1) is 7.41. The van der Waals surface area contributed by atoms with Gasteiger partial charge in [-0.3, -0.25) is 0 Å². The zero-order valence-corrected chi connectivity index (χ0v) is 6.92. The fourth-order valence-corrected chi connectivity index (χ4v) is 1.31. The molecular weight excluding hydrogens is 148 g/mol. The fourth-order valence-electron chi connectivity index (χ4n) is 1.31. The van der Waals surface area contributed by atoms with E-state index in [4.69, 9.17) is 4.74 Å². The van der Waals surface area contributed by atoms with Crippen molar-refractivity contribution in [3.63, 3.8) is 0 Å². The molecule has 1 aromatic rings. The van der Waals surface area contributed by atoms with Crippen LogP contribution in [0.4, 0.5) is 0 Å². The third-order valence-electron chi connectivity index (χ3n) is 2.01. The van der Waals surface area contributed by atoms with Crippen LogP contribution in [0.25, 0.3) is 6.08 Å². The monoisotopic (exact) mass is 159 g/mol. The first-order chi connectivity index (χ1) is 5.90. The van der Waals surface area contributed by atoms with Crippen LogP contribution in [0.2, 0.25) is 0 Å². The number of benzene rings is 1. The Hall–Kier alpha value is -1.24. The third kappa shape index (κ3) is 1.22. The Morgan fingerprint density at radius 1 is 1.33 bits per heavy atom. The van der Waals surface area contributed by atoms with E-state index in [1.54, 1.807) is 0 Å². The summed E-state index contributed by atoms with van der Waals surface area (Å²) in [6.45, 7) is 4.53. The predicted octanol–water partition coefficient (Wildman–Crippen LogP) is 2.69. The number of hydrogen-bond donors (Lipinski definition) is 0. The highest BCUT2D eigenvalue weighted by atomic mass is 16.5. The van der Waals surface area contributed by atoms with Gasteiger partial charge in [0.25, 0.3) is 0 Å². The largest absolute Gasteiger partial charge is 0.489 e. The molecule has 0 atom stereocenters. The Kier molecular flexibility index (Phi) is 1.86. The molecule has 1 radical (unpaired) electrons. The van der Waals surface area contributed by atoms with Gasteiger partial charge in [0, 0.05) is 5.56 Å². The molecule has 1 aliphatic heterocycles. The summed E-state index contributed by atoms with van der Waals surface area (Å²) in [6, 6.07) is 8.06. The van der Waals surface area contributed by atoms with Gasteiger partial charge in [0.05, 0.1) is 0 Å². The van der Waals surface area contributed by atoms with Crippen molar-refractivity contribution in [1.82, 2.24) is 0 Å². The van der Waals surface area contributed by atoms with E-state index in [-0.39, 0.29) is 0 Å². The van der Waals surface area contributed by atoms with Crippen molar-refractivity contribution in [2.24, 2.45) is 0 Å². The van der Waals surface area contributed by atoms with Gasteiger partial charge in [-0.15, -0.1) is 0 Å². The molecule has 0 aromatic heterocycles. The van der Waals surface area contributed by atoms with Crippen molar-refractivity contribution in [2.75, 3.05) is 6.61 Å². The number of hydrogen-bond acceptors (Lipinski definition) is 1. The average molecular weight is 159 g/mol. The molecule has 1 nitrogen and oxygen atoms in total. The second-order valence-electron chi connectivity index (χ2n) is 2.88. The van der Waals surface area contributed by atoms with Crippen LogP contribution in [0, 0.1) is 6.92 Å². The van der Waals surface area contributed by atoms with E-state index >= 15 is 0 Å². The summed E-state index contributed by atoms with van der Waals surface area (Å²) in [4.78, 5) is 0. The Morgan fingerprint density at radius 3 is 3.00 bits per heavy atom. The SMILES string of the molecule is [CH2]CC1=Cc2ccccc2OC1. The van der Waals surface area contributed by atoms with Crippen molar-refractivity contribution >= 4 is 6.08 Å². The molecule has 0 amide bonds. The molecule has 12 heavy (non-hydrogen) atoms. The van der Waals surface area contributed by atoms with E-state index in [2.05, 4.69) is 19.1 Å². The predicted molar refractivity (Wildman–Crippen MR) is 49.9 cm³/mol. The number of ether oxygens (including phenoxy) is 1. The lowest BCUT2D eigenvalue weighted by Gasteiger charge is -2.16. The van der Waals surface area contributed by atoms with Gasteiger partial charge < -0.3 is 4.74 Å². The highest BCUT2D eigenvalue weighted by Gasteiger charge is 2.07. The molecule has 1 heteroatoms. The smallest absolute Gasteiger partial charge is 0.127 e. The van der Waals surface area contributed by atoms with E-state index in [0.717, 1.165) is 12.2 Å². The van der Waals surface area contributed by atoms with Crippen LogP contribution < -0.4 is 4.74 Å². The summed E-state index contributed by atoms with van der Waals surface area (Å²) >= 11 is 0. The molecule has 0 aliphatic carbocycles. The van der Waals surface area contributed by atoms with E-state index in [1.807, 2.05) is 18.2 Å². The van der Waals surface area contributed by atoms with Gasteiger partial charge in [0.2, 0.25) is 0 Å². The number of rotatable bonds is 1. The van der Waals surface area contributed by atoms with Gasteiger partial charge in [0.15, 0.2) is 0 Å². The molecule has 0 saturated carbocycles. The summed E-state index contributed by atoms with van der Waals surface area (Å²) < 4.78 is 5.52. The van der Waals surface area contributed by atoms with Crippen LogP contribution in [0.1, 0.15) is 12.0 Å². The van der Waals surface area contributed by atoms with Gasteiger partial charge in [-0.2, -0.15) is 0 Å². The van der Waals surface area contributed by atoms with Crippen molar-refractivity contribution in [3.8, 4) is 5.75 Å². The molecular formula is C11H11O. The van der Waals surface area contributed by atoms with Crippen LogP contribution in [-0.4, -0.2) is 6.61 Å². The average Bonchev–Trinajstić information content (AvgIpc) is 2.17. The van der Waals surface area contributed by atoms with E-state index in [9.17, 15) is 0 Å². The molecule has 0 N–H and O–H groups in total. The summed E-state index contributed by atoms with van der Waals surface area (Å²) in [5, 5.41) is 0. The molecule has 1 aliphatic rings. The quantitative estimate of drug-likeness (QED) is 0.612. The molecule has 0 bridgehead atoms. The minimum absolute atomic E-state index is 0.695. The maximum Gasteiger partial charge on any atom is 0.127 e. The second-order valence-corrected chi connectivity index (χ2v) is 2.88. The summed E-state index contributed by atoms with van der Waals surface area (Å²) in [6.07, 6.45) is 2.99. The summed E-state index contributed by atoms with van der Waals surface area (Å²) in [7, 11) is 0. The summed E-state index contributed by atoms with van der Waals surface area (Å²) in [5.41, 5.74) is 2.43. The lowest BCUT2D eigenvalue weighted by Crippen LogP contribution is -2.06. The molecule has 0 fully saturated rings. The Morgan fingerprint density at radius 2 is 2.17 bits per heavy atom. The van der Waals surface area contributed by atoms with Crippen molar-refractivity contribution in [2.45, 2.75) is 6.42 Å². The van der Waals surface area contributed by atoms with Crippen LogP contribution in [0.5, 0.6) is 5.75 Å². The molecule has 0 spiro atoms. The van der Waals surface area contributed by atoms with Crippen molar-refractivity contribution in [3.05, 3.63) is 42.3 Å². The molecule has 61 valence electrons. The normalized spacial score (nSPS) is 14.6. The van der Waals surface area contributed by atoms with Crippen LogP contribution >= 0.6 is 0 Å². The minimum Gasteiger partial charge on any atom is -0.489 e. The zero-order valence-electron chi connectivity index (χ0n) is 6.92. The molecule has 1 heterocycles. The second kappa shape index (κ2) is 3.02. The Labute approximate surface area is 72.7 Å². The van der Waals surface area contributed by atoms with E-state index in [1.165, 1.54) is 11.1 Å². The molecule has 0 unspecified atom stereocenters. The maximum absolute atomic E-state index is 5.52. The Balaban J connectivity index is 2.41. The van der Waals surface area contributed by atoms with E-state index in [0.29, 0.717) is 6.61 Å². The topological polar surface area (TPSA) is 9.23 Å². The van der Waals surface area contributed by atoms with Gasteiger partial charge in [-0.25, -0.2) is 0 Å². The first-order valence-corrected chi connectivity index (χ1v) is 4.10. The van der Waals surface area contributed by atoms with Gasteiger partial charge >= 0.3 is 0 Å². The molecule has 1 aromatic carbocycles. The van der Waals surface area contributed by atoms with Crippen LogP contribution in [-0.2, 0) is 0 Å². The minimum atomic E-state index is 0.695. The lowest BCUT2D eigenvalue weighted by atomic mass is 10.1.